The number of thiophene rings is 1. The van der Waals surface area contributed by atoms with E-state index < -0.39 is 6.00 Å². The number of aryl methyl sites for hydroxylation is 1. The van der Waals surface area contributed by atoms with Crippen molar-refractivity contribution in [3.8, 4) is 0 Å². The zero-order valence-corrected chi connectivity index (χ0v) is 9.99. The predicted octanol–water partition coefficient (Wildman–Crippen LogP) is 3.79. The molecule has 0 nitrogen and oxygen atoms in total. The van der Waals surface area contributed by atoms with Gasteiger partial charge in [0.2, 0.25) is 0 Å². The van der Waals surface area contributed by atoms with Gasteiger partial charge in [0, 0.05) is 15.8 Å². The second kappa shape index (κ2) is 3.67. The molecule has 0 bridgehead atoms. The van der Waals surface area contributed by atoms with Crippen molar-refractivity contribution in [1.29, 1.82) is 0 Å². The van der Waals surface area contributed by atoms with Crippen LogP contribution in [0.3, 0.4) is 0 Å². The van der Waals surface area contributed by atoms with Gasteiger partial charge in [0.15, 0.2) is 0 Å². The molecule has 0 aliphatic rings. The molecule has 0 aliphatic heterocycles. The zero-order chi connectivity index (χ0) is 8.48. The van der Waals surface area contributed by atoms with Gasteiger partial charge in [-0.2, -0.15) is 0 Å². The summed E-state index contributed by atoms with van der Waals surface area (Å²) >= 11 is 19.0. The second-order valence-electron chi connectivity index (χ2n) is 2.30. The standard InChI is InChI=1S/C6H7Cl3SSi/c1-5-2-3-6(10-5)4-11(7,8)9/h2-3H,4H2,1H3. The van der Waals surface area contributed by atoms with Crippen LogP contribution >= 0.6 is 44.6 Å². The molecule has 1 aromatic heterocycles. The fourth-order valence-electron chi connectivity index (χ4n) is 0.778. The molecule has 0 N–H and O–H groups in total. The molecule has 0 saturated heterocycles. The largest absolute Gasteiger partial charge is 0.346 e. The predicted molar refractivity (Wildman–Crippen MR) is 56.1 cm³/mol. The second-order valence-corrected chi connectivity index (χ2v) is 12.8. The fraction of sp³-hybridized carbons (Fsp3) is 0.333. The van der Waals surface area contributed by atoms with Crippen LogP contribution in [0.15, 0.2) is 12.1 Å². The summed E-state index contributed by atoms with van der Waals surface area (Å²) in [6.45, 7) is 2.05. The van der Waals surface area contributed by atoms with E-state index in [1.165, 1.54) is 9.75 Å². The first-order chi connectivity index (χ1) is 4.97. The molecule has 5 heteroatoms. The monoisotopic (exact) mass is 244 g/mol. The average molecular weight is 246 g/mol. The van der Waals surface area contributed by atoms with Crippen molar-refractivity contribution in [1.82, 2.24) is 0 Å². The van der Waals surface area contributed by atoms with Gasteiger partial charge in [-0.1, -0.05) is 0 Å². The Labute approximate surface area is 85.2 Å². The molecule has 0 atom stereocenters. The number of rotatable bonds is 2. The summed E-state index contributed by atoms with van der Waals surface area (Å²) in [5, 5.41) is 0. The first kappa shape index (κ1) is 9.87. The first-order valence-corrected chi connectivity index (χ1v) is 9.15. The van der Waals surface area contributed by atoms with Crippen molar-refractivity contribution in [2.45, 2.75) is 13.0 Å². The summed E-state index contributed by atoms with van der Waals surface area (Å²) in [5.74, 6) is 0. The molecule has 0 spiro atoms. The van der Waals surface area contributed by atoms with Crippen LogP contribution in [0.2, 0.25) is 0 Å². The van der Waals surface area contributed by atoms with Crippen molar-refractivity contribution in [2.75, 3.05) is 0 Å². The van der Waals surface area contributed by atoms with Gasteiger partial charge in [0.05, 0.1) is 0 Å². The molecule has 1 rings (SSSR count). The Hall–Kier alpha value is 0.787. The normalized spacial score (nSPS) is 12.0. The summed E-state index contributed by atoms with van der Waals surface area (Å²) in [6.07, 6.45) is 0. The van der Waals surface area contributed by atoms with Gasteiger partial charge in [0.25, 0.3) is 0 Å². The van der Waals surface area contributed by atoms with Gasteiger partial charge in [-0.15, -0.1) is 44.6 Å². The van der Waals surface area contributed by atoms with Crippen molar-refractivity contribution >= 4 is 50.6 Å². The van der Waals surface area contributed by atoms with Crippen molar-refractivity contribution in [3.63, 3.8) is 0 Å². The number of hydrogen-bond acceptors (Lipinski definition) is 1. The summed E-state index contributed by atoms with van der Waals surface area (Å²) in [7, 11) is 0. The van der Waals surface area contributed by atoms with E-state index in [2.05, 4.69) is 0 Å². The van der Waals surface area contributed by atoms with Crippen LogP contribution in [0.25, 0.3) is 0 Å². The third kappa shape index (κ3) is 3.81. The molecule has 0 aromatic carbocycles. The Morgan fingerprint density at radius 1 is 1.36 bits per heavy atom. The van der Waals surface area contributed by atoms with E-state index in [9.17, 15) is 0 Å². The molecule has 0 aliphatic carbocycles. The summed E-state index contributed by atoms with van der Waals surface area (Å²) in [5.41, 5.74) is 0. The van der Waals surface area contributed by atoms with E-state index in [1.54, 1.807) is 11.3 Å². The van der Waals surface area contributed by atoms with Gasteiger partial charge >= 0.3 is 6.00 Å². The Morgan fingerprint density at radius 2 is 2.00 bits per heavy atom. The minimum Gasteiger partial charge on any atom is -0.146 e. The Kier molecular flexibility index (Phi) is 3.29. The fourth-order valence-corrected chi connectivity index (χ4v) is 4.92. The molecule has 0 radical (unpaired) electrons. The molecule has 0 saturated carbocycles. The number of hydrogen-bond donors (Lipinski definition) is 0. The number of halogens is 3. The van der Waals surface area contributed by atoms with Crippen molar-refractivity contribution in [2.24, 2.45) is 0 Å². The molecular formula is C6H7Cl3SSi. The zero-order valence-electron chi connectivity index (χ0n) is 5.90. The highest BCUT2D eigenvalue weighted by atomic mass is 35.8. The average Bonchev–Trinajstić information content (AvgIpc) is 2.10. The van der Waals surface area contributed by atoms with Gasteiger partial charge in [0.1, 0.15) is 0 Å². The van der Waals surface area contributed by atoms with E-state index in [0.29, 0.717) is 6.04 Å². The van der Waals surface area contributed by atoms with E-state index in [1.807, 2.05) is 19.1 Å². The quantitative estimate of drug-likeness (QED) is 0.549. The SMILES string of the molecule is Cc1ccc(C[Si](Cl)(Cl)Cl)s1. The molecule has 0 fully saturated rings. The molecule has 11 heavy (non-hydrogen) atoms. The lowest BCUT2D eigenvalue weighted by molar-refractivity contribution is 1.50. The van der Waals surface area contributed by atoms with E-state index in [0.717, 1.165) is 0 Å². The van der Waals surface area contributed by atoms with Crippen molar-refractivity contribution in [3.05, 3.63) is 21.9 Å². The van der Waals surface area contributed by atoms with Crippen LogP contribution in [-0.2, 0) is 6.04 Å². The lowest BCUT2D eigenvalue weighted by atomic mass is 10.5. The maximum absolute atomic E-state index is 5.75. The van der Waals surface area contributed by atoms with Crippen LogP contribution in [0.1, 0.15) is 9.75 Å². The smallest absolute Gasteiger partial charge is 0.146 e. The van der Waals surface area contributed by atoms with Gasteiger partial charge in [-0.25, -0.2) is 0 Å². The topological polar surface area (TPSA) is 0 Å². The Morgan fingerprint density at radius 3 is 2.36 bits per heavy atom. The van der Waals surface area contributed by atoms with Gasteiger partial charge < -0.3 is 0 Å². The molecule has 0 unspecified atom stereocenters. The van der Waals surface area contributed by atoms with Crippen LogP contribution in [0.4, 0.5) is 0 Å². The lowest BCUT2D eigenvalue weighted by Crippen LogP contribution is -2.12. The summed E-state index contributed by atoms with van der Waals surface area (Å²) in [4.78, 5) is 2.44. The molecule has 0 amide bonds. The third-order valence-electron chi connectivity index (χ3n) is 1.17. The maximum Gasteiger partial charge on any atom is 0.346 e. The minimum atomic E-state index is -2.46. The Balaban J connectivity index is 2.65. The van der Waals surface area contributed by atoms with Crippen LogP contribution < -0.4 is 0 Å². The maximum atomic E-state index is 5.75. The molecule has 1 heterocycles. The van der Waals surface area contributed by atoms with Crippen molar-refractivity contribution < 1.29 is 0 Å². The lowest BCUT2D eigenvalue weighted by Gasteiger charge is -2.03. The minimum absolute atomic E-state index is 0.635. The molecule has 1 aromatic rings. The van der Waals surface area contributed by atoms with Gasteiger partial charge in [-0.05, 0) is 19.1 Å². The van der Waals surface area contributed by atoms with E-state index in [-0.39, 0.29) is 0 Å². The first-order valence-electron chi connectivity index (χ1n) is 3.09. The van der Waals surface area contributed by atoms with E-state index in [4.69, 9.17) is 33.2 Å². The highest BCUT2D eigenvalue weighted by Gasteiger charge is 2.25. The summed E-state index contributed by atoms with van der Waals surface area (Å²) in [6, 6.07) is 2.25. The Bertz CT molecular complexity index is 240. The highest BCUT2D eigenvalue weighted by Crippen LogP contribution is 2.27. The molecule has 62 valence electrons. The van der Waals surface area contributed by atoms with Crippen LogP contribution in [-0.4, -0.2) is 6.00 Å². The van der Waals surface area contributed by atoms with Gasteiger partial charge in [-0.3, -0.25) is 0 Å². The third-order valence-corrected chi connectivity index (χ3v) is 4.41. The summed E-state index contributed by atoms with van der Waals surface area (Å²) < 4.78 is 0. The highest BCUT2D eigenvalue weighted by molar-refractivity contribution is 7.64. The molecular weight excluding hydrogens is 239 g/mol. The van der Waals surface area contributed by atoms with Crippen LogP contribution in [0, 0.1) is 6.92 Å². The van der Waals surface area contributed by atoms with Crippen LogP contribution in [0.5, 0.6) is 0 Å². The van der Waals surface area contributed by atoms with E-state index >= 15 is 0 Å².